The Labute approximate surface area is 119 Å². The topological polar surface area (TPSA) is 58.9 Å². The number of pyridine rings is 1. The number of rotatable bonds is 0. The summed E-state index contributed by atoms with van der Waals surface area (Å²) in [5.74, 6) is -0.420. The first-order chi connectivity index (χ1) is 9.69. The van der Waals surface area contributed by atoms with Gasteiger partial charge in [0, 0.05) is 23.8 Å². The van der Waals surface area contributed by atoms with Crippen molar-refractivity contribution >= 4 is 0 Å². The number of fused-ring (bicyclic) bond motifs is 4. The summed E-state index contributed by atoms with van der Waals surface area (Å²) in [5.41, 5.74) is 7.28. The summed E-state index contributed by atoms with van der Waals surface area (Å²) in [7, 11) is 0. The number of H-pyrrole nitrogens is 1. The summed E-state index contributed by atoms with van der Waals surface area (Å²) >= 11 is 0. The molecule has 2 aliphatic rings. The van der Waals surface area contributed by atoms with E-state index in [4.69, 9.17) is 5.73 Å². The standard InChI is InChI=1S/C15H15F3N2O/c1-8-4-9-5-12-10(2-3-13(21)20-12)14(19,6-8)11(9)7-15(16,17)18/h2-4,7,9H,5-6,19H2,1H3,(H,20,21)/b11-7+. The van der Waals surface area contributed by atoms with Gasteiger partial charge in [0.05, 0.1) is 5.54 Å². The van der Waals surface area contributed by atoms with Crippen LogP contribution in [-0.2, 0) is 12.0 Å². The van der Waals surface area contributed by atoms with Crippen molar-refractivity contribution in [3.63, 3.8) is 0 Å². The molecule has 0 saturated heterocycles. The van der Waals surface area contributed by atoms with Crippen LogP contribution < -0.4 is 11.3 Å². The van der Waals surface area contributed by atoms with Gasteiger partial charge in [0.2, 0.25) is 5.56 Å². The maximum Gasteiger partial charge on any atom is 0.409 e. The van der Waals surface area contributed by atoms with Gasteiger partial charge in [-0.25, -0.2) is 0 Å². The monoisotopic (exact) mass is 296 g/mol. The van der Waals surface area contributed by atoms with Gasteiger partial charge in [0.25, 0.3) is 0 Å². The van der Waals surface area contributed by atoms with Crippen molar-refractivity contribution < 1.29 is 13.2 Å². The third-order valence-corrected chi connectivity index (χ3v) is 4.18. The highest BCUT2D eigenvalue weighted by Gasteiger charge is 2.46. The largest absolute Gasteiger partial charge is 0.409 e. The van der Waals surface area contributed by atoms with E-state index in [1.54, 1.807) is 6.07 Å². The molecule has 112 valence electrons. The number of nitrogens with two attached hydrogens (primary N) is 1. The highest BCUT2D eigenvalue weighted by molar-refractivity contribution is 5.49. The van der Waals surface area contributed by atoms with Crippen LogP contribution >= 0.6 is 0 Å². The molecule has 3 rings (SSSR count). The normalized spacial score (nSPS) is 30.0. The minimum absolute atomic E-state index is 0.181. The molecule has 0 spiro atoms. The average molecular weight is 296 g/mol. The summed E-state index contributed by atoms with van der Waals surface area (Å²) in [4.78, 5) is 14.1. The van der Waals surface area contributed by atoms with Crippen LogP contribution in [0.15, 0.2) is 40.2 Å². The van der Waals surface area contributed by atoms with Crippen molar-refractivity contribution in [2.24, 2.45) is 11.7 Å². The Morgan fingerprint density at radius 2 is 2.14 bits per heavy atom. The lowest BCUT2D eigenvalue weighted by molar-refractivity contribution is -0.0815. The second-order valence-corrected chi connectivity index (χ2v) is 5.83. The molecule has 6 heteroatoms. The first-order valence-electron chi connectivity index (χ1n) is 6.68. The van der Waals surface area contributed by atoms with Gasteiger partial charge >= 0.3 is 6.18 Å². The molecule has 0 aliphatic heterocycles. The van der Waals surface area contributed by atoms with Gasteiger partial charge in [0.1, 0.15) is 0 Å². The predicted octanol–water partition coefficient (Wildman–Crippen LogP) is 2.54. The summed E-state index contributed by atoms with van der Waals surface area (Å²) in [6.45, 7) is 1.87. The van der Waals surface area contributed by atoms with Crippen molar-refractivity contribution in [1.82, 2.24) is 4.98 Å². The second kappa shape index (κ2) is 4.34. The molecular weight excluding hydrogens is 281 g/mol. The first-order valence-corrected chi connectivity index (χ1v) is 6.68. The number of hydrogen-bond acceptors (Lipinski definition) is 2. The molecular formula is C15H15F3N2O. The molecule has 0 amide bonds. The molecule has 21 heavy (non-hydrogen) atoms. The van der Waals surface area contributed by atoms with E-state index in [2.05, 4.69) is 4.98 Å². The van der Waals surface area contributed by atoms with Crippen LogP contribution in [-0.4, -0.2) is 11.2 Å². The quantitative estimate of drug-likeness (QED) is 0.723. The molecule has 0 radical (unpaired) electrons. The minimum atomic E-state index is -4.41. The summed E-state index contributed by atoms with van der Waals surface area (Å²) in [6, 6.07) is 2.86. The smallest absolute Gasteiger partial charge is 0.326 e. The zero-order valence-corrected chi connectivity index (χ0v) is 11.4. The summed E-state index contributed by atoms with van der Waals surface area (Å²) < 4.78 is 38.5. The van der Waals surface area contributed by atoms with Crippen LogP contribution in [0.2, 0.25) is 0 Å². The summed E-state index contributed by atoms with van der Waals surface area (Å²) in [5, 5.41) is 0. The zero-order chi connectivity index (χ0) is 15.4. The van der Waals surface area contributed by atoms with Crippen LogP contribution in [0.5, 0.6) is 0 Å². The fourth-order valence-electron chi connectivity index (χ4n) is 3.51. The van der Waals surface area contributed by atoms with E-state index >= 15 is 0 Å². The van der Waals surface area contributed by atoms with E-state index < -0.39 is 17.6 Å². The first kappa shape index (κ1) is 14.1. The zero-order valence-electron chi connectivity index (χ0n) is 11.4. The molecule has 2 aliphatic carbocycles. The van der Waals surface area contributed by atoms with Gasteiger partial charge in [0.15, 0.2) is 0 Å². The molecule has 0 aromatic carbocycles. The molecule has 3 N–H and O–H groups in total. The van der Waals surface area contributed by atoms with Crippen LogP contribution in [0.4, 0.5) is 13.2 Å². The number of aromatic amines is 1. The van der Waals surface area contributed by atoms with E-state index in [9.17, 15) is 18.0 Å². The van der Waals surface area contributed by atoms with Crippen LogP contribution in [0.3, 0.4) is 0 Å². The Morgan fingerprint density at radius 3 is 2.81 bits per heavy atom. The Balaban J connectivity index is 2.25. The Morgan fingerprint density at radius 1 is 1.43 bits per heavy atom. The molecule has 2 unspecified atom stereocenters. The SMILES string of the molecule is CC1=CC2Cc3[nH]c(=O)ccc3C(N)(C1)/C2=C/C(F)(F)F. The number of hydrogen-bond donors (Lipinski definition) is 2. The van der Waals surface area contributed by atoms with Gasteiger partial charge in [-0.3, -0.25) is 4.79 Å². The van der Waals surface area contributed by atoms with E-state index in [0.717, 1.165) is 5.57 Å². The number of alkyl halides is 3. The molecule has 3 nitrogen and oxygen atoms in total. The van der Waals surface area contributed by atoms with Gasteiger partial charge in [-0.2, -0.15) is 13.2 Å². The Hall–Kier alpha value is -1.82. The second-order valence-electron chi connectivity index (χ2n) is 5.83. The number of allylic oxidation sites excluding steroid dienone is 2. The molecule has 0 fully saturated rings. The lowest BCUT2D eigenvalue weighted by atomic mass is 9.63. The van der Waals surface area contributed by atoms with Crippen molar-refractivity contribution in [2.45, 2.75) is 31.5 Å². The fraction of sp³-hybridized carbons (Fsp3) is 0.400. The van der Waals surface area contributed by atoms with Crippen molar-refractivity contribution in [2.75, 3.05) is 0 Å². The number of nitrogens with one attached hydrogen (secondary N) is 1. The molecule has 1 aromatic rings. The van der Waals surface area contributed by atoms with Gasteiger partial charge in [-0.1, -0.05) is 11.6 Å². The van der Waals surface area contributed by atoms with E-state index in [-0.39, 0.29) is 11.1 Å². The van der Waals surface area contributed by atoms with Gasteiger partial charge in [-0.05, 0) is 37.0 Å². The average Bonchev–Trinajstić information content (AvgIpc) is 2.30. The van der Waals surface area contributed by atoms with E-state index in [1.165, 1.54) is 6.07 Å². The third-order valence-electron chi connectivity index (χ3n) is 4.18. The van der Waals surface area contributed by atoms with Crippen LogP contribution in [0.1, 0.15) is 24.6 Å². The van der Waals surface area contributed by atoms with Gasteiger partial charge in [-0.15, -0.1) is 0 Å². The predicted molar refractivity (Wildman–Crippen MR) is 72.6 cm³/mol. The lowest BCUT2D eigenvalue weighted by Gasteiger charge is -2.45. The molecule has 1 aromatic heterocycles. The number of halogens is 3. The number of aromatic nitrogens is 1. The highest BCUT2D eigenvalue weighted by Crippen LogP contribution is 2.48. The molecule has 1 heterocycles. The van der Waals surface area contributed by atoms with Crippen molar-refractivity contribution in [3.05, 3.63) is 57.0 Å². The lowest BCUT2D eigenvalue weighted by Crippen LogP contribution is -2.48. The highest BCUT2D eigenvalue weighted by atomic mass is 19.4. The van der Waals surface area contributed by atoms with E-state index in [0.29, 0.717) is 30.2 Å². The van der Waals surface area contributed by atoms with E-state index in [1.807, 2.05) is 13.0 Å². The van der Waals surface area contributed by atoms with Crippen LogP contribution in [0, 0.1) is 5.92 Å². The fourth-order valence-corrected chi connectivity index (χ4v) is 3.51. The van der Waals surface area contributed by atoms with Gasteiger partial charge < -0.3 is 10.7 Å². The maximum absolute atomic E-state index is 12.8. The summed E-state index contributed by atoms with van der Waals surface area (Å²) in [6.07, 6.45) is -1.60. The molecule has 0 saturated carbocycles. The van der Waals surface area contributed by atoms with Crippen molar-refractivity contribution in [1.29, 1.82) is 0 Å². The third kappa shape index (κ3) is 2.33. The Bertz CT molecular complexity index is 714. The maximum atomic E-state index is 12.8. The minimum Gasteiger partial charge on any atom is -0.326 e. The van der Waals surface area contributed by atoms with Crippen molar-refractivity contribution in [3.8, 4) is 0 Å². The van der Waals surface area contributed by atoms with Crippen LogP contribution in [0.25, 0.3) is 0 Å². The molecule has 2 bridgehead atoms. The Kier molecular flexibility index (Phi) is 2.92. The molecule has 2 atom stereocenters.